The van der Waals surface area contributed by atoms with E-state index in [4.69, 9.17) is 5.11 Å². The second-order valence-electron chi connectivity index (χ2n) is 8.52. The maximum atomic E-state index is 11.1. The van der Waals surface area contributed by atoms with Crippen LogP contribution in [0.2, 0.25) is 0 Å². The van der Waals surface area contributed by atoms with Crippen LogP contribution >= 0.6 is 11.8 Å². The highest BCUT2D eigenvalue weighted by Crippen LogP contribution is 2.48. The van der Waals surface area contributed by atoms with E-state index in [0.29, 0.717) is 0 Å². The number of carboxylic acids is 1. The fraction of sp³-hybridized carbons (Fsp3) is 0.409. The van der Waals surface area contributed by atoms with Gasteiger partial charge in [-0.25, -0.2) is 4.79 Å². The molecule has 3 rings (SSSR count). The lowest BCUT2D eigenvalue weighted by molar-refractivity contribution is 0.0693. The molecular formula is C22H26O3S. The van der Waals surface area contributed by atoms with E-state index in [1.54, 1.807) is 17.8 Å². The van der Waals surface area contributed by atoms with Crippen LogP contribution in [-0.2, 0) is 10.8 Å². The number of carboxylic acid groups (broad SMARTS) is 1. The number of rotatable bonds is 3. The molecule has 0 saturated heterocycles. The van der Waals surface area contributed by atoms with Crippen molar-refractivity contribution in [3.8, 4) is 5.75 Å². The summed E-state index contributed by atoms with van der Waals surface area (Å²) in [7, 11) is 0. The maximum absolute atomic E-state index is 11.1. The third kappa shape index (κ3) is 3.35. The molecule has 0 heterocycles. The molecule has 3 nitrogen and oxygen atoms in total. The molecule has 0 spiro atoms. The molecule has 1 aliphatic carbocycles. The molecule has 0 aromatic heterocycles. The summed E-state index contributed by atoms with van der Waals surface area (Å²) in [6.07, 6.45) is 2.34. The van der Waals surface area contributed by atoms with Crippen LogP contribution in [0.15, 0.2) is 40.1 Å². The number of hydrogen-bond donors (Lipinski definition) is 2. The predicted octanol–water partition coefficient (Wildman–Crippen LogP) is 5.90. The molecule has 0 amide bonds. The van der Waals surface area contributed by atoms with E-state index in [9.17, 15) is 9.90 Å². The SMILES string of the molecule is Cc1cc2c(cc1Sc1ccc(C(=O)O)c(O)c1)C(C)(C)CCC2(C)C. The van der Waals surface area contributed by atoms with Gasteiger partial charge in [-0.3, -0.25) is 0 Å². The molecule has 26 heavy (non-hydrogen) atoms. The molecule has 2 aromatic rings. The van der Waals surface area contributed by atoms with Gasteiger partial charge in [0.15, 0.2) is 0 Å². The number of hydrogen-bond acceptors (Lipinski definition) is 3. The lowest BCUT2D eigenvalue weighted by Gasteiger charge is -2.42. The van der Waals surface area contributed by atoms with Crippen molar-refractivity contribution in [1.82, 2.24) is 0 Å². The molecule has 138 valence electrons. The largest absolute Gasteiger partial charge is 0.507 e. The van der Waals surface area contributed by atoms with Gasteiger partial charge >= 0.3 is 5.97 Å². The highest BCUT2D eigenvalue weighted by molar-refractivity contribution is 7.99. The normalized spacial score (nSPS) is 17.6. The monoisotopic (exact) mass is 370 g/mol. The van der Waals surface area contributed by atoms with Gasteiger partial charge in [-0.05, 0) is 71.6 Å². The molecule has 0 atom stereocenters. The Bertz CT molecular complexity index is 881. The third-order valence-corrected chi connectivity index (χ3v) is 6.73. The zero-order chi connectivity index (χ0) is 19.3. The van der Waals surface area contributed by atoms with Crippen LogP contribution in [0.5, 0.6) is 5.75 Å². The molecule has 0 radical (unpaired) electrons. The van der Waals surface area contributed by atoms with E-state index in [1.165, 1.54) is 35.2 Å². The van der Waals surface area contributed by atoms with Crippen LogP contribution in [0.3, 0.4) is 0 Å². The standard InChI is InChI=1S/C22H26O3S/c1-13-10-16-17(22(4,5)9-8-21(16,2)3)12-19(13)26-14-6-7-15(20(24)25)18(23)11-14/h6-7,10-12,23H,8-9H2,1-5H3,(H,24,25). The molecule has 0 saturated carbocycles. The van der Waals surface area contributed by atoms with E-state index in [2.05, 4.69) is 46.8 Å². The van der Waals surface area contributed by atoms with Gasteiger partial charge in [0.05, 0.1) is 0 Å². The number of aromatic hydroxyl groups is 1. The highest BCUT2D eigenvalue weighted by atomic mass is 32.2. The van der Waals surface area contributed by atoms with Gasteiger partial charge in [0.1, 0.15) is 11.3 Å². The molecule has 0 bridgehead atoms. The Hall–Kier alpha value is -1.94. The first kappa shape index (κ1) is 18.8. The van der Waals surface area contributed by atoms with Crippen LogP contribution in [0.1, 0.15) is 67.6 Å². The Morgan fingerprint density at radius 1 is 1.00 bits per heavy atom. The average Bonchev–Trinajstić information content (AvgIpc) is 2.53. The van der Waals surface area contributed by atoms with Crippen molar-refractivity contribution in [2.45, 2.75) is 68.1 Å². The number of fused-ring (bicyclic) bond motifs is 1. The fourth-order valence-electron chi connectivity index (χ4n) is 3.69. The summed E-state index contributed by atoms with van der Waals surface area (Å²) in [5.74, 6) is -1.31. The van der Waals surface area contributed by atoms with Gasteiger partial charge < -0.3 is 10.2 Å². The molecule has 2 aromatic carbocycles. The van der Waals surface area contributed by atoms with Crippen molar-refractivity contribution in [1.29, 1.82) is 0 Å². The Morgan fingerprint density at radius 2 is 1.58 bits per heavy atom. The maximum Gasteiger partial charge on any atom is 0.339 e. The van der Waals surface area contributed by atoms with Crippen molar-refractivity contribution in [2.75, 3.05) is 0 Å². The Labute approximate surface area is 159 Å². The zero-order valence-corrected chi connectivity index (χ0v) is 16.8. The molecule has 0 unspecified atom stereocenters. The summed E-state index contributed by atoms with van der Waals surface area (Å²) in [5.41, 5.74) is 4.29. The van der Waals surface area contributed by atoms with Crippen molar-refractivity contribution < 1.29 is 15.0 Å². The van der Waals surface area contributed by atoms with Gasteiger partial charge in [0, 0.05) is 9.79 Å². The van der Waals surface area contributed by atoms with E-state index >= 15 is 0 Å². The Morgan fingerprint density at radius 3 is 2.12 bits per heavy atom. The van der Waals surface area contributed by atoms with Crippen LogP contribution in [-0.4, -0.2) is 16.2 Å². The van der Waals surface area contributed by atoms with Crippen LogP contribution in [0, 0.1) is 6.92 Å². The topological polar surface area (TPSA) is 57.5 Å². The van der Waals surface area contributed by atoms with Gasteiger partial charge in [-0.1, -0.05) is 45.5 Å². The number of carbonyl (C=O) groups is 1. The number of benzene rings is 2. The Kier molecular flexibility index (Phi) is 4.60. The van der Waals surface area contributed by atoms with Crippen LogP contribution in [0.25, 0.3) is 0 Å². The Balaban J connectivity index is 2.02. The van der Waals surface area contributed by atoms with E-state index in [0.717, 1.165) is 16.2 Å². The van der Waals surface area contributed by atoms with Crippen molar-refractivity contribution in [3.05, 3.63) is 52.6 Å². The predicted molar refractivity (Wildman–Crippen MR) is 106 cm³/mol. The summed E-state index contributed by atoms with van der Waals surface area (Å²) in [5, 5.41) is 19.0. The van der Waals surface area contributed by atoms with E-state index in [-0.39, 0.29) is 22.1 Å². The second kappa shape index (κ2) is 6.34. The number of aromatic carboxylic acids is 1. The lowest BCUT2D eigenvalue weighted by Crippen LogP contribution is -2.34. The molecular weight excluding hydrogens is 344 g/mol. The summed E-state index contributed by atoms with van der Waals surface area (Å²) >= 11 is 1.57. The molecule has 1 aliphatic rings. The van der Waals surface area contributed by atoms with Crippen LogP contribution < -0.4 is 0 Å². The van der Waals surface area contributed by atoms with E-state index in [1.807, 2.05) is 0 Å². The molecule has 0 fully saturated rings. The average molecular weight is 371 g/mol. The molecule has 4 heteroatoms. The van der Waals surface area contributed by atoms with E-state index < -0.39 is 5.97 Å². The van der Waals surface area contributed by atoms with Gasteiger partial charge in [-0.15, -0.1) is 0 Å². The summed E-state index contributed by atoms with van der Waals surface area (Å²) in [4.78, 5) is 13.1. The molecule has 2 N–H and O–H groups in total. The van der Waals surface area contributed by atoms with Crippen molar-refractivity contribution in [2.24, 2.45) is 0 Å². The third-order valence-electron chi connectivity index (χ3n) is 5.58. The smallest absolute Gasteiger partial charge is 0.339 e. The zero-order valence-electron chi connectivity index (χ0n) is 16.0. The highest BCUT2D eigenvalue weighted by Gasteiger charge is 2.37. The van der Waals surface area contributed by atoms with Gasteiger partial charge in [0.2, 0.25) is 0 Å². The minimum absolute atomic E-state index is 0.0700. The van der Waals surface area contributed by atoms with Crippen molar-refractivity contribution in [3.63, 3.8) is 0 Å². The van der Waals surface area contributed by atoms with Gasteiger partial charge in [-0.2, -0.15) is 0 Å². The van der Waals surface area contributed by atoms with Crippen LogP contribution in [0.4, 0.5) is 0 Å². The van der Waals surface area contributed by atoms with Crippen molar-refractivity contribution >= 4 is 17.7 Å². The fourth-order valence-corrected chi connectivity index (χ4v) is 4.65. The van der Waals surface area contributed by atoms with Gasteiger partial charge in [0.25, 0.3) is 0 Å². The lowest BCUT2D eigenvalue weighted by atomic mass is 9.63. The first-order chi connectivity index (χ1) is 12.0. The first-order valence-electron chi connectivity index (χ1n) is 8.91. The first-order valence-corrected chi connectivity index (χ1v) is 9.73. The minimum atomic E-state index is -1.12. The minimum Gasteiger partial charge on any atom is -0.507 e. The number of aryl methyl sites for hydroxylation is 1. The summed E-state index contributed by atoms with van der Waals surface area (Å²) < 4.78 is 0. The number of phenols is 1. The molecule has 0 aliphatic heterocycles. The quantitative estimate of drug-likeness (QED) is 0.706. The summed E-state index contributed by atoms with van der Waals surface area (Å²) in [6.45, 7) is 11.4. The summed E-state index contributed by atoms with van der Waals surface area (Å²) in [6, 6.07) is 9.34. The second-order valence-corrected chi connectivity index (χ2v) is 9.63.